The van der Waals surface area contributed by atoms with Crippen molar-refractivity contribution in [3.8, 4) is 0 Å². The van der Waals surface area contributed by atoms with E-state index in [0.717, 1.165) is 18.5 Å². The van der Waals surface area contributed by atoms with Crippen LogP contribution < -0.4 is 10.6 Å². The van der Waals surface area contributed by atoms with Gasteiger partial charge in [-0.1, -0.05) is 13.3 Å². The first-order valence-corrected chi connectivity index (χ1v) is 5.89. The van der Waals surface area contributed by atoms with Crippen LogP contribution in [0.3, 0.4) is 0 Å². The number of unbranched alkanes of at least 4 members (excludes halogenated alkanes) is 1. The normalized spacial score (nSPS) is 14.8. The lowest BCUT2D eigenvalue weighted by molar-refractivity contribution is 0.252. The molecule has 88 valence electrons. The van der Waals surface area contributed by atoms with Crippen LogP contribution in [0.5, 0.6) is 0 Å². The highest BCUT2D eigenvalue weighted by molar-refractivity contribution is 5.88. The van der Waals surface area contributed by atoms with Crippen molar-refractivity contribution in [1.29, 1.82) is 0 Å². The van der Waals surface area contributed by atoms with Gasteiger partial charge in [0.05, 0.1) is 5.69 Å². The molecule has 1 fully saturated rings. The van der Waals surface area contributed by atoms with Gasteiger partial charge in [0.1, 0.15) is 5.82 Å². The van der Waals surface area contributed by atoms with Gasteiger partial charge in [-0.05, 0) is 19.3 Å². The van der Waals surface area contributed by atoms with Gasteiger partial charge in [-0.2, -0.15) is 5.10 Å². The number of hydrogen-bond acceptors (Lipinski definition) is 2. The summed E-state index contributed by atoms with van der Waals surface area (Å²) in [6.07, 6.45) is 4.51. The molecular weight excluding hydrogens is 204 g/mol. The smallest absolute Gasteiger partial charge is 0.320 e. The van der Waals surface area contributed by atoms with E-state index in [9.17, 15) is 4.79 Å². The number of H-pyrrole nitrogens is 1. The summed E-state index contributed by atoms with van der Waals surface area (Å²) in [6, 6.07) is 1.75. The molecule has 0 spiro atoms. The van der Waals surface area contributed by atoms with Crippen molar-refractivity contribution in [2.75, 3.05) is 11.9 Å². The summed E-state index contributed by atoms with van der Waals surface area (Å²) in [5, 5.41) is 12.5. The Kier molecular flexibility index (Phi) is 3.44. The van der Waals surface area contributed by atoms with Gasteiger partial charge in [-0.15, -0.1) is 0 Å². The Morgan fingerprint density at radius 2 is 2.44 bits per heavy atom. The number of anilines is 1. The third kappa shape index (κ3) is 2.98. The summed E-state index contributed by atoms with van der Waals surface area (Å²) >= 11 is 0. The summed E-state index contributed by atoms with van der Waals surface area (Å²) in [5.74, 6) is 1.28. The van der Waals surface area contributed by atoms with Crippen molar-refractivity contribution in [3.63, 3.8) is 0 Å². The van der Waals surface area contributed by atoms with E-state index in [2.05, 4.69) is 27.8 Å². The Hall–Kier alpha value is -1.52. The third-order valence-corrected chi connectivity index (χ3v) is 2.66. The van der Waals surface area contributed by atoms with E-state index in [4.69, 9.17) is 0 Å². The van der Waals surface area contributed by atoms with Crippen molar-refractivity contribution < 1.29 is 4.79 Å². The largest absolute Gasteiger partial charge is 0.338 e. The molecule has 1 aliphatic rings. The Balaban J connectivity index is 1.76. The van der Waals surface area contributed by atoms with Crippen molar-refractivity contribution >= 4 is 11.8 Å². The number of nitrogens with zero attached hydrogens (tertiary/aromatic N) is 1. The lowest BCUT2D eigenvalue weighted by atomic mass is 10.3. The zero-order chi connectivity index (χ0) is 11.4. The molecule has 1 saturated carbocycles. The molecule has 0 unspecified atom stereocenters. The maximum Gasteiger partial charge on any atom is 0.320 e. The maximum atomic E-state index is 11.4. The SMILES string of the molecule is CCCCNC(=O)Nc1cc(C2CC2)n[nH]1. The molecule has 0 radical (unpaired) electrons. The fourth-order valence-electron chi connectivity index (χ4n) is 1.53. The number of aromatic amines is 1. The highest BCUT2D eigenvalue weighted by atomic mass is 16.2. The number of carbonyl (C=O) groups is 1. The number of hydrogen-bond donors (Lipinski definition) is 3. The second-order valence-electron chi connectivity index (χ2n) is 4.22. The minimum atomic E-state index is -0.167. The van der Waals surface area contributed by atoms with Crippen molar-refractivity contribution in [2.45, 2.75) is 38.5 Å². The monoisotopic (exact) mass is 222 g/mol. The predicted molar refractivity (Wildman–Crippen MR) is 62.5 cm³/mol. The fraction of sp³-hybridized carbons (Fsp3) is 0.636. The zero-order valence-corrected chi connectivity index (χ0v) is 9.55. The molecule has 0 aliphatic heterocycles. The molecule has 0 bridgehead atoms. The number of aromatic nitrogens is 2. The highest BCUT2D eigenvalue weighted by Gasteiger charge is 2.26. The molecule has 1 heterocycles. The second-order valence-corrected chi connectivity index (χ2v) is 4.22. The quantitative estimate of drug-likeness (QED) is 0.668. The summed E-state index contributed by atoms with van der Waals surface area (Å²) in [4.78, 5) is 11.4. The minimum absolute atomic E-state index is 0.167. The molecule has 2 amide bonds. The number of amides is 2. The van der Waals surface area contributed by atoms with Crippen LogP contribution in [-0.2, 0) is 0 Å². The zero-order valence-electron chi connectivity index (χ0n) is 9.55. The lowest BCUT2D eigenvalue weighted by Gasteiger charge is -2.04. The number of rotatable bonds is 5. The van der Waals surface area contributed by atoms with Gasteiger partial charge in [0, 0.05) is 18.5 Å². The van der Waals surface area contributed by atoms with E-state index in [1.165, 1.54) is 12.8 Å². The molecule has 0 saturated heterocycles. The average Bonchev–Trinajstić information content (AvgIpc) is 3.01. The average molecular weight is 222 g/mol. The summed E-state index contributed by atoms with van der Waals surface area (Å²) in [5.41, 5.74) is 1.06. The van der Waals surface area contributed by atoms with Gasteiger partial charge in [0.2, 0.25) is 0 Å². The molecule has 16 heavy (non-hydrogen) atoms. The van der Waals surface area contributed by atoms with E-state index in [1.54, 1.807) is 0 Å². The van der Waals surface area contributed by atoms with Crippen LogP contribution in [0.4, 0.5) is 10.6 Å². The number of urea groups is 1. The van der Waals surface area contributed by atoms with Crippen molar-refractivity contribution in [2.24, 2.45) is 0 Å². The molecule has 5 heteroatoms. The van der Waals surface area contributed by atoms with Gasteiger partial charge >= 0.3 is 6.03 Å². The molecule has 1 aromatic rings. The van der Waals surface area contributed by atoms with Gasteiger partial charge in [-0.25, -0.2) is 4.79 Å². The Morgan fingerprint density at radius 1 is 1.62 bits per heavy atom. The molecule has 0 atom stereocenters. The van der Waals surface area contributed by atoms with Gasteiger partial charge in [0.25, 0.3) is 0 Å². The lowest BCUT2D eigenvalue weighted by Crippen LogP contribution is -2.29. The van der Waals surface area contributed by atoms with Crippen LogP contribution in [-0.4, -0.2) is 22.8 Å². The van der Waals surface area contributed by atoms with Crippen molar-refractivity contribution in [3.05, 3.63) is 11.8 Å². The van der Waals surface area contributed by atoms with Gasteiger partial charge < -0.3 is 5.32 Å². The number of carbonyl (C=O) groups excluding carboxylic acids is 1. The van der Waals surface area contributed by atoms with E-state index in [1.807, 2.05) is 6.07 Å². The molecule has 0 aromatic carbocycles. The topological polar surface area (TPSA) is 69.8 Å². The Labute approximate surface area is 95.0 Å². The third-order valence-electron chi connectivity index (χ3n) is 2.66. The van der Waals surface area contributed by atoms with Gasteiger partial charge in [0.15, 0.2) is 0 Å². The molecule has 5 nitrogen and oxygen atoms in total. The standard InChI is InChI=1S/C11H18N4O/c1-2-3-6-12-11(16)13-10-7-9(14-15-10)8-4-5-8/h7-8H,2-6H2,1H3,(H3,12,13,14,15,16). The van der Waals surface area contributed by atoms with Gasteiger partial charge in [-0.3, -0.25) is 10.4 Å². The van der Waals surface area contributed by atoms with E-state index in [0.29, 0.717) is 18.3 Å². The summed E-state index contributed by atoms with van der Waals surface area (Å²) < 4.78 is 0. The Bertz CT molecular complexity index is 357. The maximum absolute atomic E-state index is 11.4. The minimum Gasteiger partial charge on any atom is -0.338 e. The van der Waals surface area contributed by atoms with E-state index < -0.39 is 0 Å². The first-order chi connectivity index (χ1) is 7.79. The van der Waals surface area contributed by atoms with Crippen LogP contribution in [0.15, 0.2) is 6.07 Å². The predicted octanol–water partition coefficient (Wildman–Crippen LogP) is 2.21. The van der Waals surface area contributed by atoms with E-state index in [-0.39, 0.29) is 6.03 Å². The summed E-state index contributed by atoms with van der Waals surface area (Å²) in [7, 11) is 0. The highest BCUT2D eigenvalue weighted by Crippen LogP contribution is 2.39. The summed E-state index contributed by atoms with van der Waals surface area (Å²) in [6.45, 7) is 2.81. The Morgan fingerprint density at radius 3 is 3.12 bits per heavy atom. The fourth-order valence-corrected chi connectivity index (χ4v) is 1.53. The molecule has 3 N–H and O–H groups in total. The first-order valence-electron chi connectivity index (χ1n) is 5.89. The van der Waals surface area contributed by atoms with Crippen molar-refractivity contribution in [1.82, 2.24) is 15.5 Å². The van der Waals surface area contributed by atoms with Crippen LogP contribution in [0.2, 0.25) is 0 Å². The van der Waals surface area contributed by atoms with Crippen LogP contribution >= 0.6 is 0 Å². The molecular formula is C11H18N4O. The first kappa shape index (κ1) is 11.0. The number of nitrogens with one attached hydrogen (secondary N) is 3. The second kappa shape index (κ2) is 5.01. The van der Waals surface area contributed by atoms with Crippen LogP contribution in [0.1, 0.15) is 44.2 Å². The molecule has 1 aromatic heterocycles. The van der Waals surface area contributed by atoms with Crippen LogP contribution in [0, 0.1) is 0 Å². The van der Waals surface area contributed by atoms with Crippen LogP contribution in [0.25, 0.3) is 0 Å². The molecule has 1 aliphatic carbocycles. The molecule has 2 rings (SSSR count). The van der Waals surface area contributed by atoms with E-state index >= 15 is 0 Å².